The number of aliphatic hydroxyl groups excluding tert-OH is 1. The van der Waals surface area contributed by atoms with Gasteiger partial charge in [-0.15, -0.1) is 0 Å². The molecule has 0 fully saturated rings. The van der Waals surface area contributed by atoms with E-state index in [1.54, 1.807) is 20.8 Å². The maximum Gasteiger partial charge on any atom is 0.417 e. The molecule has 3 aromatic rings. The Morgan fingerprint density at radius 1 is 1.12 bits per heavy atom. The first kappa shape index (κ1) is 25.7. The first-order chi connectivity index (χ1) is 14.8. The van der Waals surface area contributed by atoms with Gasteiger partial charge in [-0.05, 0) is 54.5 Å². The van der Waals surface area contributed by atoms with Crippen molar-refractivity contribution in [3.8, 4) is 0 Å². The smallest absolute Gasteiger partial charge is 0.396 e. The first-order valence-electron chi connectivity index (χ1n) is 10.3. The van der Waals surface area contributed by atoms with Crippen molar-refractivity contribution in [1.82, 2.24) is 15.0 Å². The zero-order chi connectivity index (χ0) is 24.2. The molecule has 0 amide bonds. The van der Waals surface area contributed by atoms with Crippen molar-refractivity contribution in [3.05, 3.63) is 59.4 Å². The summed E-state index contributed by atoms with van der Waals surface area (Å²) >= 11 is 0. The van der Waals surface area contributed by atoms with Crippen LogP contribution in [0.5, 0.6) is 0 Å². The molecule has 2 heterocycles. The number of nitrogens with zero attached hydrogens (tertiary/aromatic N) is 2. The van der Waals surface area contributed by atoms with E-state index in [1.165, 1.54) is 36.8 Å². The quantitative estimate of drug-likeness (QED) is 0.457. The van der Waals surface area contributed by atoms with Crippen LogP contribution in [-0.2, 0) is 11.8 Å². The molecule has 0 saturated heterocycles. The Morgan fingerprint density at radius 2 is 1.78 bits per heavy atom. The lowest BCUT2D eigenvalue weighted by Crippen LogP contribution is -2.51. The van der Waals surface area contributed by atoms with Crippen LogP contribution in [0.1, 0.15) is 50.4 Å². The summed E-state index contributed by atoms with van der Waals surface area (Å²) in [4.78, 5) is 10.6. The second-order valence-electron chi connectivity index (χ2n) is 8.57. The minimum absolute atomic E-state index is 0.196. The number of rotatable bonds is 6. The molecule has 1 atom stereocenters. The summed E-state index contributed by atoms with van der Waals surface area (Å²) in [5, 5.41) is 18.6. The van der Waals surface area contributed by atoms with Gasteiger partial charge in [-0.2, -0.15) is 13.2 Å². The lowest BCUT2D eigenvalue weighted by atomic mass is 9.72. The predicted molar refractivity (Wildman–Crippen MR) is 115 cm³/mol. The molecule has 0 aliphatic rings. The normalized spacial score (nSPS) is 14.1. The number of aromatic amines is 1. The topological polar surface area (TPSA) is 82.0 Å². The maximum atomic E-state index is 13.9. The van der Waals surface area contributed by atoms with E-state index in [9.17, 15) is 22.7 Å². The Hall–Kier alpha value is -2.52. The minimum Gasteiger partial charge on any atom is -0.396 e. The summed E-state index contributed by atoms with van der Waals surface area (Å²) in [7, 11) is 0. The van der Waals surface area contributed by atoms with Crippen LogP contribution < -0.4 is 0 Å². The van der Waals surface area contributed by atoms with Crippen molar-refractivity contribution in [2.45, 2.75) is 64.1 Å². The lowest BCUT2D eigenvalue weighted by Gasteiger charge is -2.38. The molecule has 5 nitrogen and oxygen atoms in total. The van der Waals surface area contributed by atoms with Crippen LogP contribution in [0.2, 0.25) is 0 Å². The van der Waals surface area contributed by atoms with Gasteiger partial charge in [0.15, 0.2) is 5.60 Å². The molecule has 0 aliphatic heterocycles. The van der Waals surface area contributed by atoms with E-state index < -0.39 is 35.9 Å². The van der Waals surface area contributed by atoms with Gasteiger partial charge in [0, 0.05) is 18.7 Å². The van der Waals surface area contributed by atoms with Crippen LogP contribution >= 0.6 is 0 Å². The first-order valence-corrected chi connectivity index (χ1v) is 10.3. The molecule has 3 N–H and O–H groups in total. The standard InChI is InChI=1S/C20H21F4N3O.C3H8O/c1-12-4-5-13(21)6-15(12)18(2,3)10-19(28,20(22,23)24)8-14-7-16-17(27-14)9-25-11-26-16;1-2-3-4/h4-7,9,11,27-28H,8,10H2,1-3H3;4H,2-3H2,1H3/t19-;/m0./s1. The van der Waals surface area contributed by atoms with Gasteiger partial charge in [-0.1, -0.05) is 26.8 Å². The monoisotopic (exact) mass is 455 g/mol. The number of aryl methyl sites for hydroxylation is 1. The zero-order valence-corrected chi connectivity index (χ0v) is 18.6. The largest absolute Gasteiger partial charge is 0.417 e. The molecule has 32 heavy (non-hydrogen) atoms. The number of benzene rings is 1. The molecule has 3 rings (SSSR count). The molecule has 2 aromatic heterocycles. The number of nitrogens with one attached hydrogen (secondary N) is 1. The average molecular weight is 455 g/mol. The highest BCUT2D eigenvalue weighted by Gasteiger charge is 2.56. The Labute approximate surface area is 184 Å². The van der Waals surface area contributed by atoms with Gasteiger partial charge >= 0.3 is 6.18 Å². The summed E-state index contributed by atoms with van der Waals surface area (Å²) in [6, 6.07) is 5.48. The number of aliphatic hydroxyl groups is 2. The molecule has 0 saturated carbocycles. The number of hydrogen-bond acceptors (Lipinski definition) is 4. The van der Waals surface area contributed by atoms with Crippen LogP contribution in [0.15, 0.2) is 36.8 Å². The highest BCUT2D eigenvalue weighted by atomic mass is 19.4. The fourth-order valence-electron chi connectivity index (χ4n) is 3.75. The summed E-state index contributed by atoms with van der Waals surface area (Å²) in [5.41, 5.74) is -1.89. The molecular formula is C23H29F4N3O2. The summed E-state index contributed by atoms with van der Waals surface area (Å²) in [6.07, 6.45) is -2.56. The Bertz CT molecular complexity index is 998. The Kier molecular flexibility index (Phi) is 8.01. The Morgan fingerprint density at radius 3 is 2.34 bits per heavy atom. The molecule has 1 aromatic carbocycles. The zero-order valence-electron chi connectivity index (χ0n) is 18.6. The fraction of sp³-hybridized carbons (Fsp3) is 0.478. The molecule has 0 radical (unpaired) electrons. The highest BCUT2D eigenvalue weighted by molar-refractivity contribution is 5.74. The van der Waals surface area contributed by atoms with Gasteiger partial charge in [0.1, 0.15) is 12.1 Å². The molecule has 0 unspecified atom stereocenters. The molecule has 0 aliphatic carbocycles. The van der Waals surface area contributed by atoms with Crippen molar-refractivity contribution in [2.24, 2.45) is 0 Å². The SMILES string of the molecule is CCCO.Cc1ccc(F)cc1C(C)(C)C[C@@](O)(Cc1cc2ncncc2[nH]1)C(F)(F)F. The third-order valence-corrected chi connectivity index (χ3v) is 5.25. The van der Waals surface area contributed by atoms with Crippen LogP contribution in [0, 0.1) is 12.7 Å². The molecule has 176 valence electrons. The third-order valence-electron chi connectivity index (χ3n) is 5.25. The van der Waals surface area contributed by atoms with E-state index in [4.69, 9.17) is 5.11 Å². The number of hydrogen-bond donors (Lipinski definition) is 3. The van der Waals surface area contributed by atoms with Crippen molar-refractivity contribution < 1.29 is 27.8 Å². The van der Waals surface area contributed by atoms with E-state index in [-0.39, 0.29) is 5.69 Å². The van der Waals surface area contributed by atoms with Crippen molar-refractivity contribution in [3.63, 3.8) is 0 Å². The fourth-order valence-corrected chi connectivity index (χ4v) is 3.75. The number of alkyl halides is 3. The van der Waals surface area contributed by atoms with Crippen molar-refractivity contribution in [2.75, 3.05) is 6.61 Å². The number of halogens is 4. The summed E-state index contributed by atoms with van der Waals surface area (Å²) < 4.78 is 55.4. The number of fused-ring (bicyclic) bond motifs is 1. The van der Waals surface area contributed by atoms with Crippen molar-refractivity contribution >= 4 is 11.0 Å². The van der Waals surface area contributed by atoms with E-state index in [0.717, 1.165) is 6.42 Å². The van der Waals surface area contributed by atoms with Gasteiger partial charge in [0.05, 0.1) is 17.2 Å². The number of H-pyrrole nitrogens is 1. The molecule has 9 heteroatoms. The second kappa shape index (κ2) is 9.95. The summed E-state index contributed by atoms with van der Waals surface area (Å²) in [6.45, 7) is 7.10. The van der Waals surface area contributed by atoms with E-state index in [1.807, 2.05) is 6.92 Å². The van der Waals surface area contributed by atoms with E-state index in [0.29, 0.717) is 28.8 Å². The van der Waals surface area contributed by atoms with Gasteiger partial charge in [-0.25, -0.2) is 14.4 Å². The van der Waals surface area contributed by atoms with Crippen LogP contribution in [0.4, 0.5) is 17.6 Å². The second-order valence-corrected chi connectivity index (χ2v) is 8.57. The minimum atomic E-state index is -4.88. The van der Waals surface area contributed by atoms with Crippen LogP contribution in [0.25, 0.3) is 11.0 Å². The molecule has 0 spiro atoms. The number of aromatic nitrogens is 3. The lowest BCUT2D eigenvalue weighted by molar-refractivity contribution is -0.266. The summed E-state index contributed by atoms with van der Waals surface area (Å²) in [5.74, 6) is -0.529. The van der Waals surface area contributed by atoms with Crippen LogP contribution in [0.3, 0.4) is 0 Å². The third kappa shape index (κ3) is 6.04. The van der Waals surface area contributed by atoms with Crippen LogP contribution in [-0.4, -0.2) is 43.5 Å². The van der Waals surface area contributed by atoms with Gasteiger partial charge in [-0.3, -0.25) is 0 Å². The molecule has 0 bridgehead atoms. The maximum absolute atomic E-state index is 13.9. The van der Waals surface area contributed by atoms with Gasteiger partial charge in [0.25, 0.3) is 0 Å². The van der Waals surface area contributed by atoms with Gasteiger partial charge < -0.3 is 15.2 Å². The highest BCUT2D eigenvalue weighted by Crippen LogP contribution is 2.43. The molecular weight excluding hydrogens is 426 g/mol. The predicted octanol–water partition coefficient (Wildman–Crippen LogP) is 5.00. The average Bonchev–Trinajstić information content (AvgIpc) is 3.10. The van der Waals surface area contributed by atoms with Crippen molar-refractivity contribution in [1.29, 1.82) is 0 Å². The van der Waals surface area contributed by atoms with E-state index in [2.05, 4.69) is 15.0 Å². The Balaban J connectivity index is 0.000000837. The van der Waals surface area contributed by atoms with Gasteiger partial charge in [0.2, 0.25) is 0 Å². The van der Waals surface area contributed by atoms with E-state index >= 15 is 0 Å².